The summed E-state index contributed by atoms with van der Waals surface area (Å²) in [5.41, 5.74) is 6.05. The summed E-state index contributed by atoms with van der Waals surface area (Å²) in [6.45, 7) is 0. The molecule has 2 heteroatoms. The molecule has 0 aliphatic rings. The minimum Gasteiger partial charge on any atom is -0.256 e. The molecule has 190 valence electrons. The molecule has 0 amide bonds. The molecule has 0 fully saturated rings. The Hall–Kier alpha value is -5.05. The highest BCUT2D eigenvalue weighted by Crippen LogP contribution is 2.49. The quantitative estimate of drug-likeness (QED) is 0.158. The lowest BCUT2D eigenvalue weighted by Gasteiger charge is -2.19. The van der Waals surface area contributed by atoms with Crippen LogP contribution in [0, 0.1) is 0 Å². The molecular weight excluding hydrogens is 515 g/mol. The number of aromatic nitrogens is 1. The van der Waals surface area contributed by atoms with Gasteiger partial charge in [0.25, 0.3) is 0 Å². The molecule has 1 nitrogen and oxygen atoms in total. The lowest BCUT2D eigenvalue weighted by Crippen LogP contribution is -1.93. The Bertz CT molecular complexity index is 2480. The Labute approximate surface area is 240 Å². The van der Waals surface area contributed by atoms with Gasteiger partial charge in [-0.15, -0.1) is 11.3 Å². The van der Waals surface area contributed by atoms with Gasteiger partial charge in [0.15, 0.2) is 0 Å². The number of fused-ring (bicyclic) bond motifs is 8. The molecule has 9 rings (SSSR count). The average molecular weight is 538 g/mol. The van der Waals surface area contributed by atoms with E-state index in [4.69, 9.17) is 4.98 Å². The van der Waals surface area contributed by atoms with Gasteiger partial charge >= 0.3 is 0 Å². The number of rotatable bonds is 2. The molecule has 2 heterocycles. The molecule has 0 atom stereocenters. The van der Waals surface area contributed by atoms with Crippen LogP contribution in [0.25, 0.3) is 85.6 Å². The zero-order chi connectivity index (χ0) is 26.9. The highest BCUT2D eigenvalue weighted by atomic mass is 32.1. The molecule has 0 bridgehead atoms. The maximum absolute atomic E-state index is 5.01. The summed E-state index contributed by atoms with van der Waals surface area (Å²) in [6, 6.07) is 48.5. The first-order chi connectivity index (χ1) is 20.3. The summed E-state index contributed by atoms with van der Waals surface area (Å²) in [7, 11) is 0. The summed E-state index contributed by atoms with van der Waals surface area (Å²) >= 11 is 1.89. The highest BCUT2D eigenvalue weighted by molar-refractivity contribution is 7.26. The molecule has 41 heavy (non-hydrogen) atoms. The molecule has 0 saturated heterocycles. The molecular formula is C39H23NS. The van der Waals surface area contributed by atoms with Crippen molar-refractivity contribution in [2.45, 2.75) is 0 Å². The van der Waals surface area contributed by atoms with Gasteiger partial charge < -0.3 is 0 Å². The largest absolute Gasteiger partial charge is 0.256 e. The van der Waals surface area contributed by atoms with E-state index in [1.54, 1.807) is 0 Å². The number of pyridine rings is 1. The lowest BCUT2D eigenvalue weighted by molar-refractivity contribution is 1.45. The average Bonchev–Trinajstić information content (AvgIpc) is 3.42. The van der Waals surface area contributed by atoms with E-state index in [9.17, 15) is 0 Å². The van der Waals surface area contributed by atoms with Crippen molar-refractivity contribution in [3.05, 3.63) is 140 Å². The highest BCUT2D eigenvalue weighted by Gasteiger charge is 2.21. The molecule has 9 aromatic rings. The minimum absolute atomic E-state index is 1.02. The Balaban J connectivity index is 1.51. The zero-order valence-electron chi connectivity index (χ0n) is 22.1. The van der Waals surface area contributed by atoms with Crippen LogP contribution in [0.15, 0.2) is 140 Å². The van der Waals surface area contributed by atoms with Crippen molar-refractivity contribution in [2.24, 2.45) is 0 Å². The molecule has 0 spiro atoms. The van der Waals surface area contributed by atoms with Crippen molar-refractivity contribution in [1.29, 1.82) is 0 Å². The van der Waals surface area contributed by atoms with E-state index in [0.717, 1.165) is 5.52 Å². The SMILES string of the molecule is c1ccc2cc(-c3c4ccccc4c(-c4cccc5c4sc4ccccc45)c4cnc5ccccc5c34)ccc2c1. The summed E-state index contributed by atoms with van der Waals surface area (Å²) < 4.78 is 2.65. The molecule has 0 saturated carbocycles. The zero-order valence-corrected chi connectivity index (χ0v) is 23.0. The van der Waals surface area contributed by atoms with Gasteiger partial charge in [0.2, 0.25) is 0 Å². The minimum atomic E-state index is 1.02. The fourth-order valence-corrected chi connectivity index (χ4v) is 7.90. The van der Waals surface area contributed by atoms with E-state index in [-0.39, 0.29) is 0 Å². The summed E-state index contributed by atoms with van der Waals surface area (Å²) in [6.07, 6.45) is 2.11. The van der Waals surface area contributed by atoms with Crippen LogP contribution < -0.4 is 0 Å². The van der Waals surface area contributed by atoms with Crippen molar-refractivity contribution in [1.82, 2.24) is 4.98 Å². The van der Waals surface area contributed by atoms with Gasteiger partial charge in [-0.05, 0) is 50.9 Å². The Morgan fingerprint density at radius 1 is 0.463 bits per heavy atom. The monoisotopic (exact) mass is 537 g/mol. The first kappa shape index (κ1) is 22.7. The topological polar surface area (TPSA) is 12.9 Å². The van der Waals surface area contributed by atoms with Gasteiger partial charge in [0.1, 0.15) is 0 Å². The maximum Gasteiger partial charge on any atom is 0.0708 e. The van der Waals surface area contributed by atoms with Gasteiger partial charge in [0.05, 0.1) is 5.52 Å². The van der Waals surface area contributed by atoms with Crippen LogP contribution >= 0.6 is 11.3 Å². The van der Waals surface area contributed by atoms with Crippen molar-refractivity contribution < 1.29 is 0 Å². The van der Waals surface area contributed by atoms with Crippen LogP contribution in [-0.2, 0) is 0 Å². The van der Waals surface area contributed by atoms with E-state index in [2.05, 4.69) is 140 Å². The van der Waals surface area contributed by atoms with E-state index < -0.39 is 0 Å². The second-order valence-corrected chi connectivity index (χ2v) is 11.8. The predicted octanol–water partition coefficient (Wildman–Crippen LogP) is 11.4. The van der Waals surface area contributed by atoms with Crippen LogP contribution in [0.4, 0.5) is 0 Å². The number of benzene rings is 7. The third-order valence-corrected chi connectivity index (χ3v) is 9.69. The summed E-state index contributed by atoms with van der Waals surface area (Å²) in [5, 5.41) is 11.3. The number of thiophene rings is 1. The van der Waals surface area contributed by atoms with Crippen LogP contribution in [0.1, 0.15) is 0 Å². The Kier molecular flexibility index (Phi) is 4.84. The summed E-state index contributed by atoms with van der Waals surface area (Å²) in [5.74, 6) is 0. The van der Waals surface area contributed by atoms with E-state index in [1.165, 1.54) is 80.1 Å². The lowest BCUT2D eigenvalue weighted by atomic mass is 9.84. The number of hydrogen-bond acceptors (Lipinski definition) is 2. The molecule has 0 N–H and O–H groups in total. The standard InChI is InChI=1S/C39H23NS/c1-2-11-25-22-26(21-20-24(25)10-1)36-28-13-3-4-14-29(28)37(33-23-40-34-18-7-5-15-31(34)38(33)36)32-17-9-16-30-27-12-6-8-19-35(27)41-39(30)32/h1-23H. The summed E-state index contributed by atoms with van der Waals surface area (Å²) in [4.78, 5) is 5.01. The van der Waals surface area contributed by atoms with Crippen molar-refractivity contribution in [3.8, 4) is 22.3 Å². The molecule has 0 radical (unpaired) electrons. The van der Waals surface area contributed by atoms with Crippen LogP contribution in [0.2, 0.25) is 0 Å². The fraction of sp³-hybridized carbons (Fsp3) is 0. The van der Waals surface area contributed by atoms with Gasteiger partial charge in [-0.2, -0.15) is 0 Å². The molecule has 0 unspecified atom stereocenters. The second kappa shape index (κ2) is 8.72. The van der Waals surface area contributed by atoms with E-state index in [1.807, 2.05) is 11.3 Å². The third-order valence-electron chi connectivity index (χ3n) is 8.47. The van der Waals surface area contributed by atoms with Crippen molar-refractivity contribution in [2.75, 3.05) is 0 Å². The van der Waals surface area contributed by atoms with E-state index in [0.29, 0.717) is 0 Å². The van der Waals surface area contributed by atoms with Gasteiger partial charge in [-0.3, -0.25) is 4.98 Å². The van der Waals surface area contributed by atoms with Gasteiger partial charge in [0, 0.05) is 53.7 Å². The Morgan fingerprint density at radius 2 is 1.15 bits per heavy atom. The maximum atomic E-state index is 5.01. The second-order valence-electron chi connectivity index (χ2n) is 10.7. The molecule has 0 aliphatic carbocycles. The fourth-order valence-electron chi connectivity index (χ4n) is 6.68. The Morgan fingerprint density at radius 3 is 2.02 bits per heavy atom. The first-order valence-corrected chi connectivity index (χ1v) is 14.8. The van der Waals surface area contributed by atoms with Crippen LogP contribution in [0.3, 0.4) is 0 Å². The number of para-hydroxylation sites is 1. The van der Waals surface area contributed by atoms with Crippen LogP contribution in [-0.4, -0.2) is 4.98 Å². The molecule has 7 aromatic carbocycles. The molecule has 2 aromatic heterocycles. The predicted molar refractivity (Wildman–Crippen MR) is 178 cm³/mol. The number of hydrogen-bond donors (Lipinski definition) is 0. The third kappa shape index (κ3) is 3.32. The molecule has 0 aliphatic heterocycles. The smallest absolute Gasteiger partial charge is 0.0708 e. The van der Waals surface area contributed by atoms with Crippen molar-refractivity contribution in [3.63, 3.8) is 0 Å². The van der Waals surface area contributed by atoms with Crippen LogP contribution in [0.5, 0.6) is 0 Å². The van der Waals surface area contributed by atoms with Crippen molar-refractivity contribution >= 4 is 74.7 Å². The normalized spacial score (nSPS) is 11.9. The number of nitrogens with zero attached hydrogens (tertiary/aromatic N) is 1. The van der Waals surface area contributed by atoms with Gasteiger partial charge in [-0.1, -0.05) is 115 Å². The first-order valence-electron chi connectivity index (χ1n) is 14.0. The van der Waals surface area contributed by atoms with E-state index >= 15 is 0 Å². The van der Waals surface area contributed by atoms with Gasteiger partial charge in [-0.25, -0.2) is 0 Å².